The van der Waals surface area contributed by atoms with Gasteiger partial charge in [-0.1, -0.05) is 22.6 Å². The first-order valence-corrected chi connectivity index (χ1v) is 9.10. The highest BCUT2D eigenvalue weighted by Gasteiger charge is 2.48. The summed E-state index contributed by atoms with van der Waals surface area (Å²) in [6.07, 6.45) is 4.86. The molecule has 2 unspecified atom stereocenters. The molecule has 0 bridgehead atoms. The number of hydrogen-bond acceptors (Lipinski definition) is 4. The monoisotopic (exact) mass is 394 g/mol. The Morgan fingerprint density at radius 1 is 1.30 bits per heavy atom. The zero-order valence-corrected chi connectivity index (χ0v) is 14.0. The van der Waals surface area contributed by atoms with Gasteiger partial charge in [0.05, 0.1) is 13.2 Å². The molecule has 0 aromatic rings. The molecule has 0 radical (unpaired) electrons. The van der Waals surface area contributed by atoms with Crippen LogP contribution in [0.3, 0.4) is 0 Å². The van der Waals surface area contributed by atoms with Crippen molar-refractivity contribution in [3.05, 3.63) is 0 Å². The van der Waals surface area contributed by atoms with Gasteiger partial charge in [0.2, 0.25) is 0 Å². The van der Waals surface area contributed by atoms with Crippen LogP contribution in [-0.4, -0.2) is 71.4 Å². The Morgan fingerprint density at radius 2 is 2.10 bits per heavy atom. The summed E-state index contributed by atoms with van der Waals surface area (Å²) in [6.45, 7) is 4.29. The number of rotatable bonds is 3. The number of hydrogen-bond donors (Lipinski definition) is 0. The predicted molar refractivity (Wildman–Crippen MR) is 84.3 cm³/mol. The number of carbonyl (C=O) groups excluding carboxylic acids is 1. The van der Waals surface area contributed by atoms with Crippen LogP contribution in [-0.2, 0) is 9.47 Å². The van der Waals surface area contributed by atoms with Gasteiger partial charge in [0.15, 0.2) is 0 Å². The largest absolute Gasteiger partial charge is 0.448 e. The van der Waals surface area contributed by atoms with Crippen LogP contribution in [0.5, 0.6) is 0 Å². The third-order valence-corrected chi connectivity index (χ3v) is 6.37. The average Bonchev–Trinajstić information content (AvgIpc) is 3.05. The summed E-state index contributed by atoms with van der Waals surface area (Å²) in [4.78, 5) is 16.4. The lowest BCUT2D eigenvalue weighted by molar-refractivity contribution is 0.0182. The number of halogens is 1. The van der Waals surface area contributed by atoms with Crippen LogP contribution in [0, 0.1) is 0 Å². The van der Waals surface area contributed by atoms with Gasteiger partial charge in [0.25, 0.3) is 0 Å². The molecule has 0 aliphatic carbocycles. The maximum Gasteiger partial charge on any atom is 0.409 e. The lowest BCUT2D eigenvalue weighted by Crippen LogP contribution is -2.46. The Labute approximate surface area is 134 Å². The average molecular weight is 394 g/mol. The van der Waals surface area contributed by atoms with E-state index >= 15 is 0 Å². The van der Waals surface area contributed by atoms with Crippen molar-refractivity contribution in [1.82, 2.24) is 9.80 Å². The van der Waals surface area contributed by atoms with E-state index in [1.807, 2.05) is 0 Å². The third-order valence-electron chi connectivity index (χ3n) is 4.95. The number of nitrogens with zero attached hydrogens (tertiary/aromatic N) is 2. The number of amides is 1. The van der Waals surface area contributed by atoms with Crippen molar-refractivity contribution >= 4 is 28.7 Å². The Morgan fingerprint density at radius 3 is 2.85 bits per heavy atom. The number of ether oxygens (including phenoxy) is 2. The van der Waals surface area contributed by atoms with E-state index in [2.05, 4.69) is 27.5 Å². The molecule has 0 spiro atoms. The third kappa shape index (κ3) is 2.78. The normalized spacial score (nSPS) is 34.2. The maximum absolute atomic E-state index is 12.0. The van der Waals surface area contributed by atoms with E-state index in [1.165, 1.54) is 36.7 Å². The van der Waals surface area contributed by atoms with Crippen LogP contribution in [0.2, 0.25) is 0 Å². The van der Waals surface area contributed by atoms with Crippen LogP contribution in [0.1, 0.15) is 25.7 Å². The summed E-state index contributed by atoms with van der Waals surface area (Å²) in [7, 11) is 0. The molecule has 3 aliphatic rings. The molecular weight excluding hydrogens is 371 g/mol. The summed E-state index contributed by atoms with van der Waals surface area (Å²) >= 11 is 2.51. The fourth-order valence-corrected chi connectivity index (χ4v) is 4.98. The van der Waals surface area contributed by atoms with Crippen LogP contribution < -0.4 is 0 Å². The molecule has 0 saturated carbocycles. The first-order chi connectivity index (χ1) is 9.75. The van der Waals surface area contributed by atoms with Crippen molar-refractivity contribution in [3.8, 4) is 0 Å². The van der Waals surface area contributed by atoms with E-state index in [9.17, 15) is 4.79 Å². The van der Waals surface area contributed by atoms with Crippen molar-refractivity contribution in [3.63, 3.8) is 0 Å². The second kappa shape index (κ2) is 6.36. The van der Waals surface area contributed by atoms with Gasteiger partial charge in [-0.2, -0.15) is 0 Å². The summed E-state index contributed by atoms with van der Waals surface area (Å²) in [5, 5.41) is 0. The second-order valence-corrected chi connectivity index (χ2v) is 6.79. The van der Waals surface area contributed by atoms with Crippen molar-refractivity contribution in [2.75, 3.05) is 43.9 Å². The maximum atomic E-state index is 12.0. The minimum atomic E-state index is -0.167. The van der Waals surface area contributed by atoms with Crippen LogP contribution in [0.25, 0.3) is 0 Å². The molecule has 1 amide bonds. The molecule has 5 nitrogen and oxygen atoms in total. The second-order valence-electron chi connectivity index (χ2n) is 6.02. The molecule has 3 aliphatic heterocycles. The first kappa shape index (κ1) is 14.8. The predicted octanol–water partition coefficient (Wildman–Crippen LogP) is 1.89. The Hall–Kier alpha value is -0.0800. The van der Waals surface area contributed by atoms with E-state index in [4.69, 9.17) is 9.47 Å². The summed E-state index contributed by atoms with van der Waals surface area (Å²) in [6, 6.07) is 0.428. The first-order valence-electron chi connectivity index (χ1n) is 7.57. The van der Waals surface area contributed by atoms with Gasteiger partial charge in [-0.05, 0) is 32.2 Å². The summed E-state index contributed by atoms with van der Waals surface area (Å²) in [5.74, 6) is 0. The standard InChI is InChI=1S/C14H23IN2O3/c15-11-14-3-1-5-17(14)12(2-4-14)10-20-13(18)16-6-8-19-9-7-16/h12H,1-11H2. The fraction of sp³-hybridized carbons (Fsp3) is 0.929. The number of fused-ring (bicyclic) bond motifs is 1. The highest BCUT2D eigenvalue weighted by Crippen LogP contribution is 2.43. The molecule has 0 N–H and O–H groups in total. The quantitative estimate of drug-likeness (QED) is 0.542. The van der Waals surface area contributed by atoms with E-state index in [-0.39, 0.29) is 6.09 Å². The van der Waals surface area contributed by atoms with Gasteiger partial charge in [0.1, 0.15) is 6.61 Å². The van der Waals surface area contributed by atoms with Gasteiger partial charge < -0.3 is 14.4 Å². The van der Waals surface area contributed by atoms with E-state index < -0.39 is 0 Å². The van der Waals surface area contributed by atoms with Gasteiger partial charge in [-0.3, -0.25) is 4.90 Å². The molecule has 3 saturated heterocycles. The van der Waals surface area contributed by atoms with Gasteiger partial charge in [-0.25, -0.2) is 4.79 Å². The van der Waals surface area contributed by atoms with Crippen molar-refractivity contribution in [2.24, 2.45) is 0 Å². The minimum Gasteiger partial charge on any atom is -0.448 e. The molecule has 6 heteroatoms. The molecule has 3 rings (SSSR count). The molecule has 0 aromatic carbocycles. The lowest BCUT2D eigenvalue weighted by Gasteiger charge is -2.33. The number of alkyl halides is 1. The van der Waals surface area contributed by atoms with Crippen LogP contribution in [0.4, 0.5) is 4.79 Å². The molecule has 20 heavy (non-hydrogen) atoms. The minimum absolute atomic E-state index is 0.167. The van der Waals surface area contributed by atoms with Crippen LogP contribution >= 0.6 is 22.6 Å². The summed E-state index contributed by atoms with van der Waals surface area (Å²) < 4.78 is 12.0. The fourth-order valence-electron chi connectivity index (χ4n) is 3.78. The van der Waals surface area contributed by atoms with Crippen molar-refractivity contribution in [2.45, 2.75) is 37.3 Å². The van der Waals surface area contributed by atoms with Gasteiger partial charge in [0, 0.05) is 29.1 Å². The molecule has 3 fully saturated rings. The Bertz CT molecular complexity index is 362. The molecule has 2 atom stereocenters. The molecular formula is C14H23IN2O3. The summed E-state index contributed by atoms with van der Waals surface area (Å²) in [5.41, 5.74) is 0.399. The topological polar surface area (TPSA) is 42.0 Å². The SMILES string of the molecule is O=C(OCC1CCC2(CI)CCCN12)N1CCOCC1. The van der Waals surface area contributed by atoms with Gasteiger partial charge in [-0.15, -0.1) is 0 Å². The van der Waals surface area contributed by atoms with Gasteiger partial charge >= 0.3 is 6.09 Å². The Kier molecular flexibility index (Phi) is 4.72. The Balaban J connectivity index is 1.50. The lowest BCUT2D eigenvalue weighted by atomic mass is 9.97. The van der Waals surface area contributed by atoms with E-state index in [0.29, 0.717) is 44.5 Å². The number of carbonyl (C=O) groups is 1. The zero-order valence-electron chi connectivity index (χ0n) is 11.9. The smallest absolute Gasteiger partial charge is 0.409 e. The zero-order chi connectivity index (χ0) is 14.0. The molecule has 0 aromatic heterocycles. The highest BCUT2D eigenvalue weighted by molar-refractivity contribution is 14.1. The number of morpholine rings is 1. The van der Waals surface area contributed by atoms with Crippen molar-refractivity contribution < 1.29 is 14.3 Å². The molecule has 114 valence electrons. The van der Waals surface area contributed by atoms with E-state index in [0.717, 1.165) is 0 Å². The highest BCUT2D eigenvalue weighted by atomic mass is 127. The molecule has 3 heterocycles. The van der Waals surface area contributed by atoms with Crippen LogP contribution in [0.15, 0.2) is 0 Å². The van der Waals surface area contributed by atoms with Crippen molar-refractivity contribution in [1.29, 1.82) is 0 Å². The van der Waals surface area contributed by atoms with E-state index in [1.54, 1.807) is 4.90 Å².